The molecule has 1 heterocycles. The molecule has 1 aliphatic rings. The number of carbonyl (C=O) groups excluding carboxylic acids is 2. The van der Waals surface area contributed by atoms with Crippen molar-refractivity contribution < 1.29 is 9.59 Å². The third kappa shape index (κ3) is 1.95. The summed E-state index contributed by atoms with van der Waals surface area (Å²) < 4.78 is 0. The first-order valence-electron chi connectivity index (χ1n) is 4.80. The van der Waals surface area contributed by atoms with Gasteiger partial charge in [0.25, 0.3) is 0 Å². The van der Waals surface area contributed by atoms with E-state index in [1.807, 2.05) is 13.0 Å². The van der Waals surface area contributed by atoms with Crippen LogP contribution in [0.25, 0.3) is 0 Å². The van der Waals surface area contributed by atoms with E-state index in [0.29, 0.717) is 22.2 Å². The molecule has 0 aliphatic carbocycles. The molecule has 0 N–H and O–H groups in total. The van der Waals surface area contributed by atoms with Crippen molar-refractivity contribution in [3.63, 3.8) is 0 Å². The number of halogens is 1. The average Bonchev–Trinajstić information content (AvgIpc) is 2.21. The van der Waals surface area contributed by atoms with E-state index in [0.717, 1.165) is 5.56 Å². The molecule has 1 saturated heterocycles. The lowest BCUT2D eigenvalue weighted by Crippen LogP contribution is -2.43. The summed E-state index contributed by atoms with van der Waals surface area (Å²) in [6, 6.07) is 5.32. The summed E-state index contributed by atoms with van der Waals surface area (Å²) in [5.41, 5.74) is 1.36. The summed E-state index contributed by atoms with van der Waals surface area (Å²) in [5, 5.41) is 0.439. The molecule has 0 radical (unpaired) electrons. The number of rotatable bonds is 1. The largest absolute Gasteiger partial charge is 0.273 e. The van der Waals surface area contributed by atoms with E-state index in [9.17, 15) is 9.59 Å². The van der Waals surface area contributed by atoms with Gasteiger partial charge in [-0.05, 0) is 18.6 Å². The van der Waals surface area contributed by atoms with Gasteiger partial charge in [-0.25, -0.2) is 4.90 Å². The zero-order chi connectivity index (χ0) is 11.7. The summed E-state index contributed by atoms with van der Waals surface area (Å²) in [5.74, 6) is 0.266. The van der Waals surface area contributed by atoms with Crippen molar-refractivity contribution in [1.29, 1.82) is 0 Å². The standard InChI is InChI=1S/C11H10ClNO2S/c1-7-3-2-4-8(12)11(7)13-9(14)5-16-6-10(13)15/h2-4H,5-6H2,1H3. The Morgan fingerprint density at radius 3 is 2.44 bits per heavy atom. The first-order valence-corrected chi connectivity index (χ1v) is 6.33. The van der Waals surface area contributed by atoms with Crippen LogP contribution in [0.1, 0.15) is 5.56 Å². The number of thioether (sulfide) groups is 1. The number of nitrogens with zero attached hydrogens (tertiary/aromatic N) is 1. The van der Waals surface area contributed by atoms with Gasteiger partial charge >= 0.3 is 0 Å². The molecule has 16 heavy (non-hydrogen) atoms. The molecular formula is C11H10ClNO2S. The quantitative estimate of drug-likeness (QED) is 0.723. The molecule has 2 amide bonds. The third-order valence-corrected chi connectivity index (χ3v) is 3.57. The fourth-order valence-corrected chi connectivity index (χ4v) is 2.67. The van der Waals surface area contributed by atoms with E-state index in [-0.39, 0.29) is 11.8 Å². The normalized spacial score (nSPS) is 16.8. The van der Waals surface area contributed by atoms with Gasteiger partial charge in [-0.3, -0.25) is 9.59 Å². The molecule has 0 bridgehead atoms. The Balaban J connectivity index is 2.49. The second-order valence-electron chi connectivity index (χ2n) is 3.52. The number of benzene rings is 1. The van der Waals surface area contributed by atoms with Gasteiger partial charge in [-0.2, -0.15) is 0 Å². The Labute approximate surface area is 103 Å². The maximum absolute atomic E-state index is 11.7. The predicted octanol–water partition coefficient (Wildman–Crippen LogP) is 2.25. The fraction of sp³-hybridized carbons (Fsp3) is 0.273. The number of anilines is 1. The average molecular weight is 256 g/mol. The van der Waals surface area contributed by atoms with Crippen LogP contribution < -0.4 is 4.90 Å². The molecule has 1 fully saturated rings. The second kappa shape index (κ2) is 4.47. The van der Waals surface area contributed by atoms with Crippen LogP contribution in [0.5, 0.6) is 0 Å². The molecule has 0 atom stereocenters. The molecule has 5 heteroatoms. The van der Waals surface area contributed by atoms with Crippen molar-refractivity contribution in [3.8, 4) is 0 Å². The molecule has 0 saturated carbocycles. The summed E-state index contributed by atoms with van der Waals surface area (Å²) in [6.45, 7) is 1.84. The Bertz CT molecular complexity index is 425. The van der Waals surface area contributed by atoms with E-state index >= 15 is 0 Å². The molecule has 1 aromatic rings. The number of carbonyl (C=O) groups is 2. The van der Waals surface area contributed by atoms with Gasteiger partial charge in [0.1, 0.15) is 0 Å². The maximum Gasteiger partial charge on any atom is 0.243 e. The van der Waals surface area contributed by atoms with Crippen molar-refractivity contribution in [2.45, 2.75) is 6.92 Å². The monoisotopic (exact) mass is 255 g/mol. The maximum atomic E-state index is 11.7. The minimum absolute atomic E-state index is 0.197. The summed E-state index contributed by atoms with van der Waals surface area (Å²) in [4.78, 5) is 24.7. The minimum Gasteiger partial charge on any atom is -0.273 e. The van der Waals surface area contributed by atoms with Crippen LogP contribution in [0.2, 0.25) is 5.02 Å². The Morgan fingerprint density at radius 1 is 1.25 bits per heavy atom. The fourth-order valence-electron chi connectivity index (χ4n) is 1.65. The lowest BCUT2D eigenvalue weighted by Gasteiger charge is -2.26. The summed E-state index contributed by atoms with van der Waals surface area (Å²) in [7, 11) is 0. The van der Waals surface area contributed by atoms with Crippen molar-refractivity contribution >= 4 is 40.9 Å². The number of para-hydroxylation sites is 1. The third-order valence-electron chi connectivity index (χ3n) is 2.36. The zero-order valence-corrected chi connectivity index (χ0v) is 10.3. The van der Waals surface area contributed by atoms with E-state index < -0.39 is 0 Å². The molecule has 84 valence electrons. The van der Waals surface area contributed by atoms with Gasteiger partial charge in [0, 0.05) is 0 Å². The highest BCUT2D eigenvalue weighted by atomic mass is 35.5. The SMILES string of the molecule is Cc1cccc(Cl)c1N1C(=O)CSCC1=O. The first kappa shape index (κ1) is 11.5. The molecule has 1 aromatic carbocycles. The molecule has 0 unspecified atom stereocenters. The van der Waals surface area contributed by atoms with Gasteiger partial charge in [0.2, 0.25) is 11.8 Å². The molecular weight excluding hydrogens is 246 g/mol. The lowest BCUT2D eigenvalue weighted by atomic mass is 10.1. The highest BCUT2D eigenvalue weighted by molar-refractivity contribution is 8.00. The topological polar surface area (TPSA) is 37.4 Å². The van der Waals surface area contributed by atoms with Gasteiger partial charge in [-0.1, -0.05) is 23.7 Å². The van der Waals surface area contributed by atoms with Crippen LogP contribution >= 0.6 is 23.4 Å². The lowest BCUT2D eigenvalue weighted by molar-refractivity contribution is -0.124. The van der Waals surface area contributed by atoms with E-state index in [1.165, 1.54) is 16.7 Å². The number of amides is 2. The van der Waals surface area contributed by atoms with Crippen LogP contribution in [0.3, 0.4) is 0 Å². The van der Waals surface area contributed by atoms with E-state index in [1.54, 1.807) is 12.1 Å². The number of hydrogen-bond donors (Lipinski definition) is 0. The van der Waals surface area contributed by atoms with Crippen molar-refractivity contribution in [1.82, 2.24) is 0 Å². The Morgan fingerprint density at radius 2 is 1.88 bits per heavy atom. The van der Waals surface area contributed by atoms with Crippen LogP contribution in [-0.4, -0.2) is 23.3 Å². The van der Waals surface area contributed by atoms with Gasteiger partial charge in [0.15, 0.2) is 0 Å². The van der Waals surface area contributed by atoms with Crippen LogP contribution in [-0.2, 0) is 9.59 Å². The van der Waals surface area contributed by atoms with E-state index in [2.05, 4.69) is 0 Å². The Kier molecular flexibility index (Phi) is 3.21. The number of aryl methyl sites for hydroxylation is 1. The summed E-state index contributed by atoms with van der Waals surface area (Å²) in [6.07, 6.45) is 0. The van der Waals surface area contributed by atoms with Crippen molar-refractivity contribution in [2.24, 2.45) is 0 Å². The predicted molar refractivity (Wildman–Crippen MR) is 66.0 cm³/mol. The molecule has 0 spiro atoms. The molecule has 3 nitrogen and oxygen atoms in total. The zero-order valence-electron chi connectivity index (χ0n) is 8.70. The highest BCUT2D eigenvalue weighted by Gasteiger charge is 2.30. The van der Waals surface area contributed by atoms with Gasteiger partial charge in [-0.15, -0.1) is 11.8 Å². The molecule has 1 aliphatic heterocycles. The minimum atomic E-state index is -0.197. The van der Waals surface area contributed by atoms with E-state index in [4.69, 9.17) is 11.6 Å². The smallest absolute Gasteiger partial charge is 0.243 e. The number of hydrogen-bond acceptors (Lipinski definition) is 3. The molecule has 2 rings (SSSR count). The first-order chi connectivity index (χ1) is 7.61. The number of imide groups is 1. The van der Waals surface area contributed by atoms with Crippen LogP contribution in [0, 0.1) is 6.92 Å². The molecule has 0 aromatic heterocycles. The second-order valence-corrected chi connectivity index (χ2v) is 4.91. The van der Waals surface area contributed by atoms with Gasteiger partial charge in [0.05, 0.1) is 22.2 Å². The van der Waals surface area contributed by atoms with Crippen molar-refractivity contribution in [2.75, 3.05) is 16.4 Å². The summed E-state index contributed by atoms with van der Waals surface area (Å²) >= 11 is 7.38. The van der Waals surface area contributed by atoms with Gasteiger partial charge < -0.3 is 0 Å². The van der Waals surface area contributed by atoms with Crippen LogP contribution in [0.15, 0.2) is 18.2 Å². The van der Waals surface area contributed by atoms with Crippen LogP contribution in [0.4, 0.5) is 5.69 Å². The highest BCUT2D eigenvalue weighted by Crippen LogP contribution is 2.31. The van der Waals surface area contributed by atoms with Crippen molar-refractivity contribution in [3.05, 3.63) is 28.8 Å². The Hall–Kier alpha value is -1.00.